The fraction of sp³-hybridized carbons (Fsp3) is 0.278. The molecule has 0 fully saturated rings. The van der Waals surface area contributed by atoms with Crippen LogP contribution in [-0.2, 0) is 4.79 Å². The van der Waals surface area contributed by atoms with Crippen LogP contribution in [0.1, 0.15) is 12.8 Å². The molecule has 116 valence electrons. The summed E-state index contributed by atoms with van der Waals surface area (Å²) in [6.07, 6.45) is 0.483. The van der Waals surface area contributed by atoms with E-state index in [1.54, 1.807) is 0 Å². The van der Waals surface area contributed by atoms with Gasteiger partial charge in [0, 0.05) is 18.5 Å². The van der Waals surface area contributed by atoms with Crippen molar-refractivity contribution in [3.63, 3.8) is 0 Å². The quantitative estimate of drug-likeness (QED) is 0.788. The molecule has 1 amide bonds. The third-order valence-electron chi connectivity index (χ3n) is 3.44. The highest BCUT2D eigenvalue weighted by Gasteiger charge is 2.14. The molecule has 0 aliphatic heterocycles. The first-order chi connectivity index (χ1) is 11.3. The normalized spacial score (nSPS) is 9.83. The van der Waals surface area contributed by atoms with Crippen LogP contribution in [0.3, 0.4) is 0 Å². The van der Waals surface area contributed by atoms with E-state index < -0.39 is 0 Å². The fourth-order valence-electron chi connectivity index (χ4n) is 2.28. The van der Waals surface area contributed by atoms with Gasteiger partial charge in [0.25, 0.3) is 5.91 Å². The van der Waals surface area contributed by atoms with E-state index in [2.05, 4.69) is 0 Å². The predicted molar refractivity (Wildman–Crippen MR) is 86.5 cm³/mol. The number of amides is 1. The molecule has 0 saturated heterocycles. The van der Waals surface area contributed by atoms with Crippen LogP contribution in [0.5, 0.6) is 5.75 Å². The number of nitrogens with zero attached hydrogens (tertiary/aromatic N) is 3. The molecule has 0 N–H and O–H groups in total. The van der Waals surface area contributed by atoms with Crippen LogP contribution in [0.25, 0.3) is 10.8 Å². The maximum absolute atomic E-state index is 12.2. The van der Waals surface area contributed by atoms with Gasteiger partial charge in [-0.2, -0.15) is 10.5 Å². The number of carbonyl (C=O) groups excluding carboxylic acids is 1. The summed E-state index contributed by atoms with van der Waals surface area (Å²) in [6, 6.07) is 17.5. The molecule has 0 heterocycles. The van der Waals surface area contributed by atoms with Crippen LogP contribution in [0, 0.1) is 22.7 Å². The molecule has 5 heteroatoms. The topological polar surface area (TPSA) is 77.1 Å². The Hall–Kier alpha value is -3.05. The molecule has 0 aliphatic rings. The average molecular weight is 307 g/mol. The van der Waals surface area contributed by atoms with Gasteiger partial charge in [-0.15, -0.1) is 0 Å². The smallest absolute Gasteiger partial charge is 0.260 e. The van der Waals surface area contributed by atoms with Crippen molar-refractivity contribution >= 4 is 16.7 Å². The fourth-order valence-corrected chi connectivity index (χ4v) is 2.28. The number of benzene rings is 2. The highest BCUT2D eigenvalue weighted by molar-refractivity contribution is 5.88. The van der Waals surface area contributed by atoms with E-state index in [1.807, 2.05) is 54.6 Å². The summed E-state index contributed by atoms with van der Waals surface area (Å²) in [6.45, 7) is 0.524. The molecular formula is C18H17N3O2. The van der Waals surface area contributed by atoms with Gasteiger partial charge < -0.3 is 9.64 Å². The number of nitriles is 2. The number of rotatable bonds is 7. The van der Waals surface area contributed by atoms with E-state index in [9.17, 15) is 4.79 Å². The van der Waals surface area contributed by atoms with Crippen LogP contribution < -0.4 is 4.74 Å². The molecule has 0 spiro atoms. The number of fused-ring (bicyclic) bond motifs is 1. The second-order valence-corrected chi connectivity index (χ2v) is 4.96. The SMILES string of the molecule is N#CCCN(CCC#N)C(=O)COc1cccc2ccccc12. The van der Waals surface area contributed by atoms with Gasteiger partial charge in [0.05, 0.1) is 25.0 Å². The zero-order chi connectivity index (χ0) is 16.5. The van der Waals surface area contributed by atoms with E-state index in [-0.39, 0.29) is 25.4 Å². The predicted octanol–water partition coefficient (Wildman–Crippen LogP) is 2.87. The number of carbonyl (C=O) groups is 1. The van der Waals surface area contributed by atoms with Gasteiger partial charge in [0.2, 0.25) is 0 Å². The maximum Gasteiger partial charge on any atom is 0.260 e. The van der Waals surface area contributed by atoms with E-state index in [1.165, 1.54) is 4.90 Å². The van der Waals surface area contributed by atoms with E-state index in [0.29, 0.717) is 18.8 Å². The van der Waals surface area contributed by atoms with Crippen molar-refractivity contribution in [2.24, 2.45) is 0 Å². The lowest BCUT2D eigenvalue weighted by Crippen LogP contribution is -2.36. The van der Waals surface area contributed by atoms with Crippen LogP contribution in [0.4, 0.5) is 0 Å². The Balaban J connectivity index is 2.04. The third-order valence-corrected chi connectivity index (χ3v) is 3.44. The molecule has 0 aliphatic carbocycles. The molecule has 0 radical (unpaired) electrons. The second-order valence-electron chi connectivity index (χ2n) is 4.96. The first-order valence-corrected chi connectivity index (χ1v) is 7.38. The van der Waals surface area contributed by atoms with Gasteiger partial charge in [-0.3, -0.25) is 4.79 Å². The largest absolute Gasteiger partial charge is 0.483 e. The van der Waals surface area contributed by atoms with Crippen LogP contribution in [0.2, 0.25) is 0 Å². The summed E-state index contributed by atoms with van der Waals surface area (Å²) >= 11 is 0. The Morgan fingerprint density at radius 1 is 1.00 bits per heavy atom. The van der Waals surface area contributed by atoms with Gasteiger partial charge in [0.15, 0.2) is 6.61 Å². The average Bonchev–Trinajstić information content (AvgIpc) is 2.59. The van der Waals surface area contributed by atoms with Crippen molar-refractivity contribution in [2.75, 3.05) is 19.7 Å². The number of hydrogen-bond acceptors (Lipinski definition) is 4. The minimum Gasteiger partial charge on any atom is -0.483 e. The van der Waals surface area contributed by atoms with Gasteiger partial charge >= 0.3 is 0 Å². The van der Waals surface area contributed by atoms with Crippen molar-refractivity contribution in [1.82, 2.24) is 4.90 Å². The first kappa shape index (κ1) is 16.3. The number of ether oxygens (including phenoxy) is 1. The summed E-state index contributed by atoms with van der Waals surface area (Å²) in [7, 11) is 0. The lowest BCUT2D eigenvalue weighted by atomic mass is 10.1. The molecule has 0 aromatic heterocycles. The van der Waals surface area contributed by atoms with Crippen LogP contribution in [0.15, 0.2) is 42.5 Å². The van der Waals surface area contributed by atoms with E-state index in [0.717, 1.165) is 10.8 Å². The van der Waals surface area contributed by atoms with Crippen molar-refractivity contribution in [3.8, 4) is 17.9 Å². The molecular weight excluding hydrogens is 290 g/mol. The van der Waals surface area contributed by atoms with Crippen molar-refractivity contribution in [1.29, 1.82) is 10.5 Å². The second kappa shape index (κ2) is 8.41. The molecule has 0 unspecified atom stereocenters. The zero-order valence-corrected chi connectivity index (χ0v) is 12.7. The minimum absolute atomic E-state index is 0.106. The summed E-state index contributed by atoms with van der Waals surface area (Å²) < 4.78 is 5.66. The Kier molecular flexibility index (Phi) is 5.97. The highest BCUT2D eigenvalue weighted by Crippen LogP contribution is 2.25. The Morgan fingerprint density at radius 3 is 2.35 bits per heavy atom. The molecule has 2 aromatic rings. The monoisotopic (exact) mass is 307 g/mol. The van der Waals surface area contributed by atoms with Crippen molar-refractivity contribution < 1.29 is 9.53 Å². The Bertz CT molecular complexity index is 735. The summed E-state index contributed by atoms with van der Waals surface area (Å²) in [4.78, 5) is 13.7. The Labute approximate surface area is 135 Å². The zero-order valence-electron chi connectivity index (χ0n) is 12.7. The summed E-state index contributed by atoms with van der Waals surface area (Å²) in [5, 5.41) is 19.3. The minimum atomic E-state index is -0.219. The lowest BCUT2D eigenvalue weighted by Gasteiger charge is -2.20. The summed E-state index contributed by atoms with van der Waals surface area (Å²) in [5.41, 5.74) is 0. The highest BCUT2D eigenvalue weighted by atomic mass is 16.5. The number of hydrogen-bond donors (Lipinski definition) is 0. The van der Waals surface area contributed by atoms with Crippen LogP contribution >= 0.6 is 0 Å². The Morgan fingerprint density at radius 2 is 1.65 bits per heavy atom. The van der Waals surface area contributed by atoms with Crippen LogP contribution in [-0.4, -0.2) is 30.5 Å². The van der Waals surface area contributed by atoms with Gasteiger partial charge in [-0.1, -0.05) is 36.4 Å². The van der Waals surface area contributed by atoms with Gasteiger partial charge in [-0.05, 0) is 11.5 Å². The standard InChI is InChI=1S/C18H17N3O2/c19-10-4-12-21(13-5-11-20)18(22)14-23-17-9-3-7-15-6-1-2-8-16(15)17/h1-3,6-9H,4-5,12-14H2. The van der Waals surface area contributed by atoms with E-state index in [4.69, 9.17) is 15.3 Å². The summed E-state index contributed by atoms with van der Waals surface area (Å²) in [5.74, 6) is 0.431. The van der Waals surface area contributed by atoms with E-state index >= 15 is 0 Å². The molecule has 0 atom stereocenters. The molecule has 2 rings (SSSR count). The third kappa shape index (κ3) is 4.46. The molecule has 23 heavy (non-hydrogen) atoms. The lowest BCUT2D eigenvalue weighted by molar-refractivity contribution is -0.133. The molecule has 2 aromatic carbocycles. The van der Waals surface area contributed by atoms with Crippen molar-refractivity contribution in [3.05, 3.63) is 42.5 Å². The van der Waals surface area contributed by atoms with Crippen molar-refractivity contribution in [2.45, 2.75) is 12.8 Å². The molecule has 0 saturated carbocycles. The van der Waals surface area contributed by atoms with Gasteiger partial charge in [0.1, 0.15) is 5.75 Å². The van der Waals surface area contributed by atoms with Gasteiger partial charge in [-0.25, -0.2) is 0 Å². The molecule has 0 bridgehead atoms. The molecule has 5 nitrogen and oxygen atoms in total. The first-order valence-electron chi connectivity index (χ1n) is 7.38. The maximum atomic E-state index is 12.2.